The van der Waals surface area contributed by atoms with Crippen molar-refractivity contribution in [1.82, 2.24) is 5.32 Å². The van der Waals surface area contributed by atoms with Gasteiger partial charge in [-0.1, -0.05) is 0 Å². The van der Waals surface area contributed by atoms with Crippen molar-refractivity contribution >= 4 is 21.6 Å². The second kappa shape index (κ2) is 6.15. The number of nitrogens with one attached hydrogen (secondary N) is 1. The first-order valence-corrected chi connectivity index (χ1v) is 8.24. The zero-order valence-corrected chi connectivity index (χ0v) is 13.2. The van der Waals surface area contributed by atoms with Gasteiger partial charge in [0.05, 0.1) is 5.56 Å². The SMILES string of the molecule is N#Cc1ccc(N(CC2CCNCC2)C2CC2)cc1Br. The van der Waals surface area contributed by atoms with E-state index in [2.05, 4.69) is 44.3 Å². The van der Waals surface area contributed by atoms with Crippen LogP contribution in [0.2, 0.25) is 0 Å². The average molecular weight is 334 g/mol. The minimum absolute atomic E-state index is 0.713. The van der Waals surface area contributed by atoms with Gasteiger partial charge in [-0.15, -0.1) is 0 Å². The molecule has 0 radical (unpaired) electrons. The molecule has 1 N–H and O–H groups in total. The summed E-state index contributed by atoms with van der Waals surface area (Å²) in [6, 6.07) is 9.06. The second-order valence-corrected chi connectivity index (χ2v) is 6.71. The smallest absolute Gasteiger partial charge is 0.100 e. The molecule has 3 nitrogen and oxygen atoms in total. The molecule has 1 saturated carbocycles. The van der Waals surface area contributed by atoms with Crippen molar-refractivity contribution in [3.05, 3.63) is 28.2 Å². The van der Waals surface area contributed by atoms with E-state index in [0.29, 0.717) is 11.6 Å². The van der Waals surface area contributed by atoms with Gasteiger partial charge in [0.25, 0.3) is 0 Å². The first-order chi connectivity index (χ1) is 9.78. The Morgan fingerprint density at radius 2 is 2.00 bits per heavy atom. The summed E-state index contributed by atoms with van der Waals surface area (Å²) < 4.78 is 0.911. The summed E-state index contributed by atoms with van der Waals surface area (Å²) in [5, 5.41) is 12.5. The average Bonchev–Trinajstić information content (AvgIpc) is 3.30. The highest BCUT2D eigenvalue weighted by Gasteiger charge is 2.31. The largest absolute Gasteiger partial charge is 0.368 e. The number of nitrogens with zero attached hydrogens (tertiary/aromatic N) is 2. The molecule has 1 aliphatic carbocycles. The van der Waals surface area contributed by atoms with E-state index in [4.69, 9.17) is 5.26 Å². The zero-order chi connectivity index (χ0) is 13.9. The van der Waals surface area contributed by atoms with Gasteiger partial charge in [0.1, 0.15) is 6.07 Å². The summed E-state index contributed by atoms with van der Waals surface area (Å²) in [5.41, 5.74) is 1.98. The van der Waals surface area contributed by atoms with E-state index in [9.17, 15) is 0 Å². The molecule has 0 amide bonds. The maximum Gasteiger partial charge on any atom is 0.100 e. The number of halogens is 1. The molecule has 1 aliphatic heterocycles. The molecule has 0 unspecified atom stereocenters. The fourth-order valence-electron chi connectivity index (χ4n) is 2.97. The van der Waals surface area contributed by atoms with Crippen LogP contribution in [0.3, 0.4) is 0 Å². The first kappa shape index (κ1) is 13.9. The van der Waals surface area contributed by atoms with Crippen LogP contribution in [-0.2, 0) is 0 Å². The standard InChI is InChI=1S/C16H20BrN3/c17-16-9-15(2-1-13(16)10-18)20(14-3-4-14)11-12-5-7-19-8-6-12/h1-2,9,12,14,19H,3-8,11H2. The summed E-state index contributed by atoms with van der Waals surface area (Å²) in [5.74, 6) is 0.797. The number of nitriles is 1. The number of benzene rings is 1. The van der Waals surface area contributed by atoms with E-state index in [0.717, 1.165) is 30.0 Å². The van der Waals surface area contributed by atoms with Crippen molar-refractivity contribution < 1.29 is 0 Å². The third-order valence-electron chi connectivity index (χ3n) is 4.31. The molecular weight excluding hydrogens is 314 g/mol. The summed E-state index contributed by atoms with van der Waals surface area (Å²) in [6.45, 7) is 3.46. The maximum atomic E-state index is 9.03. The van der Waals surface area contributed by atoms with Crippen LogP contribution in [-0.4, -0.2) is 25.7 Å². The van der Waals surface area contributed by atoms with Gasteiger partial charge in [-0.3, -0.25) is 0 Å². The number of piperidine rings is 1. The van der Waals surface area contributed by atoms with Crippen molar-refractivity contribution in [2.24, 2.45) is 5.92 Å². The monoisotopic (exact) mass is 333 g/mol. The van der Waals surface area contributed by atoms with Gasteiger partial charge in [-0.2, -0.15) is 5.26 Å². The lowest BCUT2D eigenvalue weighted by Crippen LogP contribution is -2.37. The summed E-state index contributed by atoms with van der Waals surface area (Å²) in [7, 11) is 0. The van der Waals surface area contributed by atoms with Gasteiger partial charge in [0, 0.05) is 22.7 Å². The van der Waals surface area contributed by atoms with Gasteiger partial charge >= 0.3 is 0 Å². The highest BCUT2D eigenvalue weighted by atomic mass is 79.9. The molecule has 3 rings (SSSR count). The molecule has 4 heteroatoms. The lowest BCUT2D eigenvalue weighted by Gasteiger charge is -2.32. The van der Waals surface area contributed by atoms with Gasteiger partial charge in [0.15, 0.2) is 0 Å². The van der Waals surface area contributed by atoms with E-state index in [1.54, 1.807) is 0 Å². The molecule has 1 aromatic rings. The number of rotatable bonds is 4. The van der Waals surface area contributed by atoms with Crippen molar-refractivity contribution in [2.75, 3.05) is 24.5 Å². The highest BCUT2D eigenvalue weighted by Crippen LogP contribution is 2.35. The van der Waals surface area contributed by atoms with E-state index < -0.39 is 0 Å². The van der Waals surface area contributed by atoms with Crippen LogP contribution in [0, 0.1) is 17.2 Å². The van der Waals surface area contributed by atoms with Crippen molar-refractivity contribution in [2.45, 2.75) is 31.7 Å². The maximum absolute atomic E-state index is 9.03. The molecule has 1 saturated heterocycles. The molecule has 1 heterocycles. The molecule has 0 atom stereocenters. The number of hydrogen-bond donors (Lipinski definition) is 1. The Hall–Kier alpha value is -1.05. The lowest BCUT2D eigenvalue weighted by molar-refractivity contribution is 0.372. The Labute approximate surface area is 129 Å². The summed E-state index contributed by atoms with van der Waals surface area (Å²) >= 11 is 3.51. The molecule has 2 aliphatic rings. The third-order valence-corrected chi connectivity index (χ3v) is 4.96. The van der Waals surface area contributed by atoms with Gasteiger partial charge in [-0.05, 0) is 78.8 Å². The Balaban J connectivity index is 1.76. The van der Waals surface area contributed by atoms with Crippen LogP contribution in [0.1, 0.15) is 31.2 Å². The van der Waals surface area contributed by atoms with E-state index in [1.165, 1.54) is 31.4 Å². The van der Waals surface area contributed by atoms with E-state index in [-0.39, 0.29) is 0 Å². The molecule has 0 bridgehead atoms. The predicted octanol–water partition coefficient (Wildman–Crippen LogP) is 3.29. The molecule has 2 fully saturated rings. The first-order valence-electron chi connectivity index (χ1n) is 7.45. The molecule has 0 spiro atoms. The molecule has 106 valence electrons. The van der Waals surface area contributed by atoms with Crippen molar-refractivity contribution in [1.29, 1.82) is 5.26 Å². The summed E-state index contributed by atoms with van der Waals surface area (Å²) in [4.78, 5) is 2.56. The van der Waals surface area contributed by atoms with Gasteiger partial charge in [-0.25, -0.2) is 0 Å². The van der Waals surface area contributed by atoms with Crippen LogP contribution in [0.15, 0.2) is 22.7 Å². The van der Waals surface area contributed by atoms with Gasteiger partial charge < -0.3 is 10.2 Å². The normalized spacial score (nSPS) is 19.6. The van der Waals surface area contributed by atoms with Crippen LogP contribution >= 0.6 is 15.9 Å². The van der Waals surface area contributed by atoms with Crippen molar-refractivity contribution in [3.63, 3.8) is 0 Å². The van der Waals surface area contributed by atoms with E-state index >= 15 is 0 Å². The van der Waals surface area contributed by atoms with Crippen LogP contribution in [0.25, 0.3) is 0 Å². The molecule has 0 aromatic heterocycles. The lowest BCUT2D eigenvalue weighted by atomic mass is 9.97. The minimum Gasteiger partial charge on any atom is -0.368 e. The third kappa shape index (κ3) is 3.16. The van der Waals surface area contributed by atoms with Gasteiger partial charge in [0.2, 0.25) is 0 Å². The second-order valence-electron chi connectivity index (χ2n) is 5.85. The molecule has 1 aromatic carbocycles. The Morgan fingerprint density at radius 3 is 2.60 bits per heavy atom. The summed E-state index contributed by atoms with van der Waals surface area (Å²) in [6.07, 6.45) is 5.17. The van der Waals surface area contributed by atoms with Crippen LogP contribution < -0.4 is 10.2 Å². The quantitative estimate of drug-likeness (QED) is 0.918. The van der Waals surface area contributed by atoms with Crippen molar-refractivity contribution in [3.8, 4) is 6.07 Å². The number of anilines is 1. The fourth-order valence-corrected chi connectivity index (χ4v) is 3.42. The molecular formula is C16H20BrN3. The minimum atomic E-state index is 0.713. The fraction of sp³-hybridized carbons (Fsp3) is 0.562. The highest BCUT2D eigenvalue weighted by molar-refractivity contribution is 9.10. The number of hydrogen-bond acceptors (Lipinski definition) is 3. The van der Waals surface area contributed by atoms with E-state index in [1.807, 2.05) is 6.07 Å². The van der Waals surface area contributed by atoms with Crippen LogP contribution in [0.4, 0.5) is 5.69 Å². The topological polar surface area (TPSA) is 39.1 Å². The zero-order valence-electron chi connectivity index (χ0n) is 11.6. The predicted molar refractivity (Wildman–Crippen MR) is 84.8 cm³/mol. The Morgan fingerprint density at radius 1 is 1.25 bits per heavy atom. The molecule has 20 heavy (non-hydrogen) atoms. The van der Waals surface area contributed by atoms with Crippen LogP contribution in [0.5, 0.6) is 0 Å². The Bertz CT molecular complexity index is 513. The Kier molecular flexibility index (Phi) is 4.28.